The van der Waals surface area contributed by atoms with Crippen molar-refractivity contribution in [2.24, 2.45) is 5.41 Å². The van der Waals surface area contributed by atoms with Crippen LogP contribution >= 0.6 is 0 Å². The molecule has 0 spiro atoms. The Hall–Kier alpha value is -2.99. The number of amides is 1. The van der Waals surface area contributed by atoms with E-state index in [1.165, 1.54) is 0 Å². The first-order valence-electron chi connectivity index (χ1n) is 9.00. The Balaban J connectivity index is 1.49. The van der Waals surface area contributed by atoms with Crippen LogP contribution in [0.2, 0.25) is 0 Å². The first kappa shape index (κ1) is 17.4. The van der Waals surface area contributed by atoms with Gasteiger partial charge in [0.25, 0.3) is 11.8 Å². The summed E-state index contributed by atoms with van der Waals surface area (Å²) in [6, 6.07) is 16.7. The van der Waals surface area contributed by atoms with Crippen LogP contribution in [0.1, 0.15) is 40.7 Å². The molecule has 4 rings (SSSR count). The van der Waals surface area contributed by atoms with Crippen molar-refractivity contribution in [3.8, 4) is 11.5 Å². The van der Waals surface area contributed by atoms with E-state index >= 15 is 0 Å². The van der Waals surface area contributed by atoms with E-state index in [-0.39, 0.29) is 11.3 Å². The van der Waals surface area contributed by atoms with Gasteiger partial charge < -0.3 is 14.9 Å². The number of hydrogen-bond acceptors (Lipinski definition) is 5. The van der Waals surface area contributed by atoms with Crippen molar-refractivity contribution in [2.75, 3.05) is 6.54 Å². The molecule has 0 aliphatic heterocycles. The number of rotatable bonds is 6. The fourth-order valence-corrected chi connectivity index (χ4v) is 3.32. The van der Waals surface area contributed by atoms with Crippen molar-refractivity contribution in [2.45, 2.75) is 25.9 Å². The van der Waals surface area contributed by atoms with Gasteiger partial charge in [0.05, 0.1) is 17.2 Å². The summed E-state index contributed by atoms with van der Waals surface area (Å²) >= 11 is 0. The van der Waals surface area contributed by atoms with Gasteiger partial charge in [-0.05, 0) is 37.5 Å². The van der Waals surface area contributed by atoms with Crippen LogP contribution in [0.3, 0.4) is 0 Å². The summed E-state index contributed by atoms with van der Waals surface area (Å²) in [6.45, 7) is 2.15. The van der Waals surface area contributed by atoms with Crippen LogP contribution in [-0.2, 0) is 0 Å². The Morgan fingerprint density at radius 2 is 1.89 bits per heavy atom. The van der Waals surface area contributed by atoms with Gasteiger partial charge in [-0.1, -0.05) is 47.6 Å². The third-order valence-corrected chi connectivity index (χ3v) is 5.12. The van der Waals surface area contributed by atoms with E-state index in [2.05, 4.69) is 15.5 Å². The zero-order chi connectivity index (χ0) is 18.9. The summed E-state index contributed by atoms with van der Waals surface area (Å²) < 4.78 is 5.21. The Morgan fingerprint density at radius 3 is 2.56 bits per heavy atom. The van der Waals surface area contributed by atoms with Crippen molar-refractivity contribution >= 4 is 5.91 Å². The summed E-state index contributed by atoms with van der Waals surface area (Å²) in [7, 11) is 0. The lowest BCUT2D eigenvalue weighted by Gasteiger charge is -2.23. The fourth-order valence-electron chi connectivity index (χ4n) is 3.32. The second-order valence-electron chi connectivity index (χ2n) is 7.05. The van der Waals surface area contributed by atoms with E-state index in [0.29, 0.717) is 29.4 Å². The zero-order valence-corrected chi connectivity index (χ0v) is 15.1. The van der Waals surface area contributed by atoms with Gasteiger partial charge in [0.2, 0.25) is 0 Å². The lowest BCUT2D eigenvalue weighted by Crippen LogP contribution is -2.33. The number of aromatic nitrogens is 2. The predicted molar refractivity (Wildman–Crippen MR) is 99.9 cm³/mol. The van der Waals surface area contributed by atoms with E-state index in [4.69, 9.17) is 4.52 Å². The number of benzene rings is 2. The number of nitrogens with one attached hydrogen (secondary N) is 1. The van der Waals surface area contributed by atoms with Crippen LogP contribution in [0.5, 0.6) is 0 Å². The van der Waals surface area contributed by atoms with Crippen LogP contribution in [-0.4, -0.2) is 27.7 Å². The molecular formula is C21H21N3O3. The maximum absolute atomic E-state index is 12.8. The zero-order valence-electron chi connectivity index (χ0n) is 15.1. The van der Waals surface area contributed by atoms with Gasteiger partial charge in [0.1, 0.15) is 0 Å². The van der Waals surface area contributed by atoms with Crippen LogP contribution in [0, 0.1) is 12.3 Å². The highest BCUT2D eigenvalue weighted by atomic mass is 16.5. The van der Waals surface area contributed by atoms with Gasteiger partial charge in [-0.3, -0.25) is 4.79 Å². The van der Waals surface area contributed by atoms with Crippen molar-refractivity contribution in [3.63, 3.8) is 0 Å². The Morgan fingerprint density at radius 1 is 1.19 bits per heavy atom. The molecule has 1 unspecified atom stereocenters. The third-order valence-electron chi connectivity index (χ3n) is 5.12. The van der Waals surface area contributed by atoms with Gasteiger partial charge in [-0.15, -0.1) is 0 Å². The quantitative estimate of drug-likeness (QED) is 0.702. The number of hydrogen-bond donors (Lipinski definition) is 2. The Kier molecular flexibility index (Phi) is 4.49. The van der Waals surface area contributed by atoms with Crippen LogP contribution in [0.4, 0.5) is 0 Å². The lowest BCUT2D eigenvalue weighted by atomic mass is 9.92. The monoisotopic (exact) mass is 363 g/mol. The molecule has 3 aromatic rings. The van der Waals surface area contributed by atoms with Gasteiger partial charge >= 0.3 is 0 Å². The Labute approximate surface area is 157 Å². The number of carbonyl (C=O) groups excluding carboxylic acids is 1. The highest BCUT2D eigenvalue weighted by Crippen LogP contribution is 2.54. The molecule has 1 aliphatic rings. The highest BCUT2D eigenvalue weighted by Gasteiger charge is 2.49. The topological polar surface area (TPSA) is 88.2 Å². The average Bonchev–Trinajstić information content (AvgIpc) is 3.39. The minimum absolute atomic E-state index is 0.215. The molecule has 1 saturated carbocycles. The molecule has 138 valence electrons. The second-order valence-corrected chi connectivity index (χ2v) is 7.05. The molecule has 1 atom stereocenters. The van der Waals surface area contributed by atoms with Crippen LogP contribution < -0.4 is 5.32 Å². The maximum Gasteiger partial charge on any atom is 0.258 e. The number of nitrogens with zero attached hydrogens (tertiary/aromatic N) is 2. The number of aliphatic hydroxyl groups is 1. The molecule has 1 aromatic heterocycles. The number of carbonyl (C=O) groups is 1. The van der Waals surface area contributed by atoms with E-state index in [1.807, 2.05) is 36.4 Å². The predicted octanol–water partition coefficient (Wildman–Crippen LogP) is 3.29. The molecule has 27 heavy (non-hydrogen) atoms. The molecule has 2 aromatic carbocycles. The number of aliphatic hydroxyl groups excluding tert-OH is 1. The first-order chi connectivity index (χ1) is 13.1. The summed E-state index contributed by atoms with van der Waals surface area (Å²) in [5, 5.41) is 17.5. The highest BCUT2D eigenvalue weighted by molar-refractivity contribution is 6.00. The smallest absolute Gasteiger partial charge is 0.258 e. The third kappa shape index (κ3) is 3.48. The van der Waals surface area contributed by atoms with E-state index in [1.54, 1.807) is 25.1 Å². The molecule has 1 aliphatic carbocycles. The van der Waals surface area contributed by atoms with Crippen LogP contribution in [0.25, 0.3) is 11.5 Å². The summed E-state index contributed by atoms with van der Waals surface area (Å²) in [4.78, 5) is 17.0. The van der Waals surface area contributed by atoms with Gasteiger partial charge in [-0.2, -0.15) is 4.98 Å². The molecule has 6 nitrogen and oxygen atoms in total. The van der Waals surface area contributed by atoms with Crippen molar-refractivity contribution in [1.82, 2.24) is 15.5 Å². The lowest BCUT2D eigenvalue weighted by molar-refractivity contribution is 0.0808. The summed E-state index contributed by atoms with van der Waals surface area (Å²) in [5.74, 6) is 0.625. The first-order valence-corrected chi connectivity index (χ1v) is 9.00. The van der Waals surface area contributed by atoms with Crippen molar-refractivity contribution in [3.05, 3.63) is 71.5 Å². The molecule has 1 amide bonds. The molecule has 6 heteroatoms. The number of aryl methyl sites for hydroxylation is 1. The SMILES string of the molecule is Cc1noc(-c2ccccc2C(=O)NCC2(C(O)c3ccccc3)CC2)n1. The van der Waals surface area contributed by atoms with Gasteiger partial charge in [-0.25, -0.2) is 0 Å². The van der Waals surface area contributed by atoms with Gasteiger partial charge in [0, 0.05) is 12.0 Å². The maximum atomic E-state index is 12.8. The molecule has 0 radical (unpaired) electrons. The van der Waals surface area contributed by atoms with E-state index in [0.717, 1.165) is 18.4 Å². The molecule has 1 fully saturated rings. The van der Waals surface area contributed by atoms with E-state index < -0.39 is 6.10 Å². The van der Waals surface area contributed by atoms with Crippen molar-refractivity contribution < 1.29 is 14.4 Å². The normalized spacial score (nSPS) is 15.9. The van der Waals surface area contributed by atoms with Crippen LogP contribution in [0.15, 0.2) is 59.1 Å². The largest absolute Gasteiger partial charge is 0.388 e. The fraction of sp³-hybridized carbons (Fsp3) is 0.286. The summed E-state index contributed by atoms with van der Waals surface area (Å²) in [5.41, 5.74) is 1.66. The van der Waals surface area contributed by atoms with Gasteiger partial charge in [0.15, 0.2) is 5.82 Å². The van der Waals surface area contributed by atoms with E-state index in [9.17, 15) is 9.90 Å². The standard InChI is InChI=1S/C21H21N3O3/c1-14-23-20(27-24-14)17-10-6-5-9-16(17)19(26)22-13-21(11-12-21)18(25)15-7-3-2-4-8-15/h2-10,18,25H,11-13H2,1H3,(H,22,26). The molecule has 0 saturated heterocycles. The average molecular weight is 363 g/mol. The molecule has 1 heterocycles. The molecule has 2 N–H and O–H groups in total. The minimum atomic E-state index is -0.590. The minimum Gasteiger partial charge on any atom is -0.388 e. The Bertz CT molecular complexity index is 948. The van der Waals surface area contributed by atoms with Crippen molar-refractivity contribution in [1.29, 1.82) is 0 Å². The second kappa shape index (κ2) is 6.96. The summed E-state index contributed by atoms with van der Waals surface area (Å²) in [6.07, 6.45) is 1.18. The molecule has 0 bridgehead atoms. The molecular weight excluding hydrogens is 342 g/mol.